The van der Waals surface area contributed by atoms with E-state index in [4.69, 9.17) is 4.74 Å². The second kappa shape index (κ2) is 12.4. The van der Waals surface area contributed by atoms with Crippen LogP contribution in [0.4, 0.5) is 0 Å². The molecule has 1 unspecified atom stereocenters. The van der Waals surface area contributed by atoms with Gasteiger partial charge in [0.05, 0.1) is 12.7 Å². The summed E-state index contributed by atoms with van der Waals surface area (Å²) >= 11 is 1.73. The van der Waals surface area contributed by atoms with Crippen molar-refractivity contribution in [1.29, 1.82) is 0 Å². The Labute approximate surface area is 247 Å². The van der Waals surface area contributed by atoms with Gasteiger partial charge in [0.25, 0.3) is 5.91 Å². The monoisotopic (exact) mass is 568 g/mol. The van der Waals surface area contributed by atoms with Gasteiger partial charge >= 0.3 is 0 Å². The van der Waals surface area contributed by atoms with Crippen LogP contribution in [0, 0.1) is 5.92 Å². The summed E-state index contributed by atoms with van der Waals surface area (Å²) < 4.78 is 5.35. The van der Waals surface area contributed by atoms with E-state index in [1.807, 2.05) is 36.4 Å². The lowest BCUT2D eigenvalue weighted by Crippen LogP contribution is -2.46. The molecule has 3 aromatic carbocycles. The molecule has 0 bridgehead atoms. The van der Waals surface area contributed by atoms with Crippen molar-refractivity contribution in [3.05, 3.63) is 100 Å². The van der Waals surface area contributed by atoms with Gasteiger partial charge in [0.2, 0.25) is 0 Å². The molecule has 2 saturated heterocycles. The predicted octanol–water partition coefficient (Wildman–Crippen LogP) is 6.62. The van der Waals surface area contributed by atoms with Crippen molar-refractivity contribution >= 4 is 28.0 Å². The van der Waals surface area contributed by atoms with E-state index in [-0.39, 0.29) is 5.91 Å². The van der Waals surface area contributed by atoms with Crippen molar-refractivity contribution in [2.75, 3.05) is 39.8 Å². The Hall–Kier alpha value is -3.19. The number of aryl methyl sites for hydroxylation is 1. The van der Waals surface area contributed by atoms with E-state index < -0.39 is 5.60 Å². The standard InChI is InChI=1S/C35H40N2O3S/c1-40-30-11-4-7-26(21-30)8-6-15-35(39)16-18-36(19-17-35)22-29-23-37(24-33(29)28-14-20-41-25-28)34(38)32-13-5-10-27-9-2-3-12-31(27)32/h2-5,7,9-14,20-21,25,29,33,39H,6,8,15-19,22-24H2,1H3/t29?,33-/m0/s1. The van der Waals surface area contributed by atoms with Crippen molar-refractivity contribution in [3.8, 4) is 5.75 Å². The molecule has 0 saturated carbocycles. The predicted molar refractivity (Wildman–Crippen MR) is 167 cm³/mol. The van der Waals surface area contributed by atoms with E-state index in [1.165, 1.54) is 11.1 Å². The number of hydrogen-bond acceptors (Lipinski definition) is 5. The van der Waals surface area contributed by atoms with Gasteiger partial charge in [-0.25, -0.2) is 0 Å². The zero-order valence-corrected chi connectivity index (χ0v) is 24.7. The molecule has 1 aromatic heterocycles. The summed E-state index contributed by atoms with van der Waals surface area (Å²) in [7, 11) is 1.70. The molecule has 2 aliphatic heterocycles. The maximum absolute atomic E-state index is 13.8. The number of rotatable bonds is 9. The molecular formula is C35H40N2O3S. The number of methoxy groups -OCH3 is 1. The van der Waals surface area contributed by atoms with Crippen LogP contribution >= 0.6 is 11.3 Å². The normalized spacial score (nSPS) is 20.9. The summed E-state index contributed by atoms with van der Waals surface area (Å²) in [5, 5.41) is 17.9. The van der Waals surface area contributed by atoms with Crippen LogP contribution in [0.3, 0.4) is 0 Å². The zero-order chi connectivity index (χ0) is 28.2. The summed E-state index contributed by atoms with van der Waals surface area (Å²) in [5.74, 6) is 1.74. The fourth-order valence-electron chi connectivity index (χ4n) is 6.85. The van der Waals surface area contributed by atoms with Crippen LogP contribution in [-0.4, -0.2) is 66.2 Å². The molecule has 1 amide bonds. The van der Waals surface area contributed by atoms with Crippen LogP contribution in [0.1, 0.15) is 53.1 Å². The van der Waals surface area contributed by atoms with Crippen LogP contribution in [0.2, 0.25) is 0 Å². The van der Waals surface area contributed by atoms with Crippen molar-refractivity contribution in [1.82, 2.24) is 9.80 Å². The quantitative estimate of drug-likeness (QED) is 0.247. The highest BCUT2D eigenvalue weighted by molar-refractivity contribution is 7.08. The summed E-state index contributed by atoms with van der Waals surface area (Å²) in [6, 6.07) is 24.6. The number of aliphatic hydroxyl groups is 1. The maximum atomic E-state index is 13.8. The Morgan fingerprint density at radius 1 is 1.02 bits per heavy atom. The number of ether oxygens (including phenoxy) is 1. The molecule has 0 aliphatic carbocycles. The number of piperidine rings is 1. The van der Waals surface area contributed by atoms with Gasteiger partial charge in [0, 0.05) is 44.2 Å². The Bertz CT molecular complexity index is 1460. The van der Waals surface area contributed by atoms with Gasteiger partial charge in [-0.2, -0.15) is 11.3 Å². The molecule has 4 aromatic rings. The third-order valence-corrected chi connectivity index (χ3v) is 9.94. The molecule has 2 aliphatic rings. The number of fused-ring (bicyclic) bond motifs is 1. The van der Waals surface area contributed by atoms with E-state index in [0.717, 1.165) is 86.9 Å². The number of carbonyl (C=O) groups excluding carboxylic acids is 1. The van der Waals surface area contributed by atoms with Gasteiger partial charge < -0.3 is 19.6 Å². The molecule has 0 spiro atoms. The Balaban J connectivity index is 1.07. The molecule has 3 heterocycles. The van der Waals surface area contributed by atoms with Crippen molar-refractivity contribution in [2.24, 2.45) is 5.92 Å². The minimum absolute atomic E-state index is 0.133. The molecule has 41 heavy (non-hydrogen) atoms. The number of nitrogens with zero attached hydrogens (tertiary/aromatic N) is 2. The van der Waals surface area contributed by atoms with Crippen LogP contribution in [0.25, 0.3) is 10.8 Å². The molecule has 0 radical (unpaired) electrons. The van der Waals surface area contributed by atoms with E-state index in [2.05, 4.69) is 57.0 Å². The van der Waals surface area contributed by atoms with Gasteiger partial charge in [0.1, 0.15) is 5.75 Å². The SMILES string of the molecule is COc1cccc(CCCC2(O)CCN(CC3CN(C(=O)c4cccc5ccccc45)C[C@H]3c3ccsc3)CC2)c1. The smallest absolute Gasteiger partial charge is 0.254 e. The highest BCUT2D eigenvalue weighted by atomic mass is 32.1. The Kier molecular flexibility index (Phi) is 8.42. The van der Waals surface area contributed by atoms with Gasteiger partial charge in [-0.15, -0.1) is 0 Å². The first-order valence-corrected chi connectivity index (χ1v) is 15.8. The van der Waals surface area contributed by atoms with E-state index >= 15 is 0 Å². The topological polar surface area (TPSA) is 53.0 Å². The maximum Gasteiger partial charge on any atom is 0.254 e. The number of hydrogen-bond donors (Lipinski definition) is 1. The molecule has 2 atom stereocenters. The lowest BCUT2D eigenvalue weighted by atomic mass is 9.84. The number of thiophene rings is 1. The number of carbonyl (C=O) groups is 1. The summed E-state index contributed by atoms with van der Waals surface area (Å²) in [6.45, 7) is 4.29. The third-order valence-electron chi connectivity index (χ3n) is 9.24. The van der Waals surface area contributed by atoms with E-state index in [0.29, 0.717) is 11.8 Å². The Morgan fingerprint density at radius 3 is 2.63 bits per heavy atom. The molecular weight excluding hydrogens is 528 g/mol. The molecule has 2 fully saturated rings. The Morgan fingerprint density at radius 2 is 1.83 bits per heavy atom. The molecule has 214 valence electrons. The molecule has 1 N–H and O–H groups in total. The first-order chi connectivity index (χ1) is 20.0. The summed E-state index contributed by atoms with van der Waals surface area (Å²) in [4.78, 5) is 18.4. The molecule has 6 rings (SSSR count). The highest BCUT2D eigenvalue weighted by Crippen LogP contribution is 2.37. The summed E-state index contributed by atoms with van der Waals surface area (Å²) in [6.07, 6.45) is 4.36. The van der Waals surface area contributed by atoms with Crippen LogP contribution in [0.5, 0.6) is 5.75 Å². The highest BCUT2D eigenvalue weighted by Gasteiger charge is 2.39. The fraction of sp³-hybridized carbons (Fsp3) is 0.400. The first-order valence-electron chi connectivity index (χ1n) is 14.9. The lowest BCUT2D eigenvalue weighted by Gasteiger charge is -2.39. The van der Waals surface area contributed by atoms with Crippen molar-refractivity contribution in [3.63, 3.8) is 0 Å². The lowest BCUT2D eigenvalue weighted by molar-refractivity contribution is -0.0315. The number of benzene rings is 3. The molecule has 5 nitrogen and oxygen atoms in total. The largest absolute Gasteiger partial charge is 0.497 e. The van der Waals surface area contributed by atoms with Crippen LogP contribution in [0.15, 0.2) is 83.6 Å². The van der Waals surface area contributed by atoms with E-state index in [1.54, 1.807) is 18.4 Å². The van der Waals surface area contributed by atoms with E-state index in [9.17, 15) is 9.90 Å². The van der Waals surface area contributed by atoms with Crippen molar-refractivity contribution in [2.45, 2.75) is 43.6 Å². The second-order valence-corrected chi connectivity index (χ2v) is 12.7. The average molecular weight is 569 g/mol. The minimum Gasteiger partial charge on any atom is -0.497 e. The number of likely N-dealkylation sites (tertiary alicyclic amines) is 2. The average Bonchev–Trinajstić information content (AvgIpc) is 3.68. The third kappa shape index (κ3) is 6.35. The summed E-state index contributed by atoms with van der Waals surface area (Å²) in [5.41, 5.74) is 2.81. The van der Waals surface area contributed by atoms with Crippen LogP contribution < -0.4 is 4.74 Å². The van der Waals surface area contributed by atoms with Gasteiger partial charge in [-0.3, -0.25) is 4.79 Å². The van der Waals surface area contributed by atoms with Crippen LogP contribution in [-0.2, 0) is 6.42 Å². The molecule has 6 heteroatoms. The fourth-order valence-corrected chi connectivity index (χ4v) is 7.58. The van der Waals surface area contributed by atoms with Gasteiger partial charge in [0.15, 0.2) is 0 Å². The minimum atomic E-state index is -0.589. The number of amides is 1. The first kappa shape index (κ1) is 28.0. The van der Waals surface area contributed by atoms with Gasteiger partial charge in [-0.1, -0.05) is 48.5 Å². The van der Waals surface area contributed by atoms with Gasteiger partial charge in [-0.05, 0) is 94.9 Å². The van der Waals surface area contributed by atoms with Crippen molar-refractivity contribution < 1.29 is 14.6 Å². The second-order valence-electron chi connectivity index (χ2n) is 11.9. The zero-order valence-electron chi connectivity index (χ0n) is 23.9.